The van der Waals surface area contributed by atoms with Crippen molar-refractivity contribution in [3.8, 4) is 5.75 Å². The van der Waals surface area contributed by atoms with Crippen LogP contribution in [-0.4, -0.2) is 34.7 Å². The van der Waals surface area contributed by atoms with Crippen LogP contribution in [0.4, 0.5) is 0 Å². The summed E-state index contributed by atoms with van der Waals surface area (Å²) >= 11 is 4.52. The first kappa shape index (κ1) is 24.3. The number of ether oxygens (including phenoxy) is 1. The summed E-state index contributed by atoms with van der Waals surface area (Å²) in [6, 6.07) is 22.3. The van der Waals surface area contributed by atoms with Gasteiger partial charge in [0.2, 0.25) is 0 Å². The van der Waals surface area contributed by atoms with Crippen LogP contribution >= 0.6 is 34.9 Å². The zero-order valence-electron chi connectivity index (χ0n) is 18.6. The number of hydrogen-bond donors (Lipinski definition) is 1. The van der Waals surface area contributed by atoms with Gasteiger partial charge in [-0.05, 0) is 52.6 Å². The Kier molecular flexibility index (Phi) is 8.95. The molecule has 0 unspecified atom stereocenters. The van der Waals surface area contributed by atoms with Crippen molar-refractivity contribution in [2.24, 2.45) is 5.10 Å². The lowest BCUT2D eigenvalue weighted by Crippen LogP contribution is -2.19. The molecule has 0 bridgehead atoms. The van der Waals surface area contributed by atoms with Crippen LogP contribution in [0.5, 0.6) is 5.75 Å². The molecule has 4 rings (SSSR count). The molecule has 3 aromatic carbocycles. The molecule has 1 heterocycles. The number of amides is 1. The zero-order valence-corrected chi connectivity index (χ0v) is 21.1. The van der Waals surface area contributed by atoms with Crippen LogP contribution in [0.25, 0.3) is 10.8 Å². The van der Waals surface area contributed by atoms with Crippen LogP contribution in [0.3, 0.4) is 0 Å². The highest BCUT2D eigenvalue weighted by Gasteiger charge is 2.09. The van der Waals surface area contributed by atoms with E-state index in [1.165, 1.54) is 39.4 Å². The fourth-order valence-electron chi connectivity index (χ4n) is 3.08. The second kappa shape index (κ2) is 12.5. The molecule has 0 aliphatic rings. The van der Waals surface area contributed by atoms with Crippen LogP contribution in [-0.2, 0) is 10.5 Å². The number of thioether (sulfide) groups is 2. The van der Waals surface area contributed by atoms with Gasteiger partial charge >= 0.3 is 0 Å². The molecule has 0 spiro atoms. The summed E-state index contributed by atoms with van der Waals surface area (Å²) in [5.41, 5.74) is 4.70. The van der Waals surface area contributed by atoms with E-state index in [0.29, 0.717) is 6.61 Å². The van der Waals surface area contributed by atoms with E-state index in [1.54, 1.807) is 18.0 Å². The maximum Gasteiger partial charge on any atom is 0.250 e. The van der Waals surface area contributed by atoms with Crippen LogP contribution in [0, 0.1) is 0 Å². The number of carbonyl (C=O) groups excluding carboxylic acids is 1. The van der Waals surface area contributed by atoms with Crippen LogP contribution < -0.4 is 10.2 Å². The standard InChI is InChI=1S/C25H24N4O2S3/c1-2-14-31-21-12-10-18(11-13-21)15-26-27-23(30)17-33-25-29-28-24(34-25)32-16-20-8-5-7-19-6-3-4-9-22(19)20/h3-13,15H,2,14,16-17H2,1H3,(H,27,30)/b26-15+. The van der Waals surface area contributed by atoms with Crippen molar-refractivity contribution >= 4 is 57.8 Å². The summed E-state index contributed by atoms with van der Waals surface area (Å²) in [4.78, 5) is 12.1. The molecule has 0 saturated carbocycles. The Bertz CT molecular complexity index is 1250. The number of benzene rings is 3. The molecule has 34 heavy (non-hydrogen) atoms. The van der Waals surface area contributed by atoms with Crippen molar-refractivity contribution in [1.82, 2.24) is 15.6 Å². The molecular formula is C25H24N4O2S3. The summed E-state index contributed by atoms with van der Waals surface area (Å²) in [5.74, 6) is 1.68. The van der Waals surface area contributed by atoms with E-state index < -0.39 is 0 Å². The first-order valence-corrected chi connectivity index (χ1v) is 13.6. The first-order chi connectivity index (χ1) is 16.7. The minimum Gasteiger partial charge on any atom is -0.494 e. The van der Waals surface area contributed by atoms with Gasteiger partial charge in [0.1, 0.15) is 5.75 Å². The Morgan fingerprint density at radius 1 is 1.03 bits per heavy atom. The maximum atomic E-state index is 12.1. The lowest BCUT2D eigenvalue weighted by molar-refractivity contribution is -0.118. The van der Waals surface area contributed by atoms with Gasteiger partial charge in [-0.15, -0.1) is 10.2 Å². The number of aromatic nitrogens is 2. The van der Waals surface area contributed by atoms with E-state index in [-0.39, 0.29) is 11.7 Å². The fourth-order valence-corrected chi connectivity index (χ4v) is 5.90. The highest BCUT2D eigenvalue weighted by atomic mass is 32.2. The number of hydrogen-bond acceptors (Lipinski definition) is 8. The number of nitrogens with one attached hydrogen (secondary N) is 1. The summed E-state index contributed by atoms with van der Waals surface area (Å²) in [6.45, 7) is 2.76. The van der Waals surface area contributed by atoms with Crippen molar-refractivity contribution in [3.05, 3.63) is 77.9 Å². The summed E-state index contributed by atoms with van der Waals surface area (Å²) in [6.07, 6.45) is 2.58. The van der Waals surface area contributed by atoms with Crippen LogP contribution in [0.1, 0.15) is 24.5 Å². The summed E-state index contributed by atoms with van der Waals surface area (Å²) < 4.78 is 7.21. The zero-order chi connectivity index (χ0) is 23.6. The lowest BCUT2D eigenvalue weighted by atomic mass is 10.1. The van der Waals surface area contributed by atoms with Gasteiger partial charge < -0.3 is 4.74 Å². The average molecular weight is 509 g/mol. The Morgan fingerprint density at radius 3 is 2.62 bits per heavy atom. The predicted octanol–water partition coefficient (Wildman–Crippen LogP) is 6.01. The van der Waals surface area contributed by atoms with Gasteiger partial charge in [0.05, 0.1) is 18.6 Å². The SMILES string of the molecule is CCCOc1ccc(/C=N/NC(=O)CSc2nnc(SCc3cccc4ccccc34)s2)cc1. The van der Waals surface area contributed by atoms with Crippen LogP contribution in [0.2, 0.25) is 0 Å². The van der Waals surface area contributed by atoms with Gasteiger partial charge in [0, 0.05) is 5.75 Å². The lowest BCUT2D eigenvalue weighted by Gasteiger charge is -2.04. The molecule has 0 radical (unpaired) electrons. The Hall–Kier alpha value is -2.88. The average Bonchev–Trinajstić information content (AvgIpc) is 3.33. The summed E-state index contributed by atoms with van der Waals surface area (Å²) in [5, 5.41) is 15.0. The Balaban J connectivity index is 1.21. The highest BCUT2D eigenvalue weighted by Crippen LogP contribution is 2.32. The largest absolute Gasteiger partial charge is 0.494 e. The van der Waals surface area contributed by atoms with Gasteiger partial charge in [-0.2, -0.15) is 5.10 Å². The second-order valence-corrected chi connectivity index (χ2v) is 10.7. The molecule has 0 aliphatic heterocycles. The number of hydrazone groups is 1. The topological polar surface area (TPSA) is 76.5 Å². The molecule has 9 heteroatoms. The molecule has 4 aromatic rings. The predicted molar refractivity (Wildman–Crippen MR) is 142 cm³/mol. The molecule has 0 aliphatic carbocycles. The van der Waals surface area contributed by atoms with E-state index in [2.05, 4.69) is 70.1 Å². The number of nitrogens with zero attached hydrogens (tertiary/aromatic N) is 3. The van der Waals surface area contributed by atoms with Crippen LogP contribution in [0.15, 0.2) is 80.5 Å². The van der Waals surface area contributed by atoms with Crippen molar-refractivity contribution in [1.29, 1.82) is 0 Å². The van der Waals surface area contributed by atoms with Gasteiger partial charge in [-0.1, -0.05) is 84.2 Å². The third kappa shape index (κ3) is 7.06. The fraction of sp³-hybridized carbons (Fsp3) is 0.200. The number of rotatable bonds is 11. The van der Waals surface area contributed by atoms with Gasteiger partial charge in [0.15, 0.2) is 8.68 Å². The van der Waals surface area contributed by atoms with Gasteiger partial charge in [-0.3, -0.25) is 4.79 Å². The quantitative estimate of drug-likeness (QED) is 0.152. The van der Waals surface area contributed by atoms with Crippen molar-refractivity contribution < 1.29 is 9.53 Å². The van der Waals surface area contributed by atoms with Gasteiger partial charge in [-0.25, -0.2) is 5.43 Å². The Morgan fingerprint density at radius 2 is 1.79 bits per heavy atom. The second-order valence-electron chi connectivity index (χ2n) is 7.26. The minimum absolute atomic E-state index is 0.190. The monoisotopic (exact) mass is 508 g/mol. The van der Waals surface area contributed by atoms with E-state index in [1.807, 2.05) is 24.3 Å². The van der Waals surface area contributed by atoms with E-state index >= 15 is 0 Å². The molecule has 1 N–H and O–H groups in total. The molecule has 0 saturated heterocycles. The highest BCUT2D eigenvalue weighted by molar-refractivity contribution is 8.03. The minimum atomic E-state index is -0.190. The van der Waals surface area contributed by atoms with Crippen molar-refractivity contribution in [2.75, 3.05) is 12.4 Å². The number of fused-ring (bicyclic) bond motifs is 1. The molecular weight excluding hydrogens is 485 g/mol. The normalized spacial score (nSPS) is 11.2. The van der Waals surface area contributed by atoms with E-state index in [0.717, 1.165) is 32.2 Å². The molecule has 6 nitrogen and oxygen atoms in total. The van der Waals surface area contributed by atoms with E-state index in [4.69, 9.17) is 4.74 Å². The molecule has 0 atom stereocenters. The molecule has 1 amide bonds. The van der Waals surface area contributed by atoms with Gasteiger partial charge in [0.25, 0.3) is 5.91 Å². The molecule has 174 valence electrons. The summed E-state index contributed by atoms with van der Waals surface area (Å²) in [7, 11) is 0. The number of carbonyl (C=O) groups is 1. The Labute approximate surface area is 211 Å². The first-order valence-electron chi connectivity index (χ1n) is 10.8. The maximum absolute atomic E-state index is 12.1. The third-order valence-electron chi connectivity index (χ3n) is 4.70. The van der Waals surface area contributed by atoms with E-state index in [9.17, 15) is 4.79 Å². The van der Waals surface area contributed by atoms with Crippen molar-refractivity contribution in [2.45, 2.75) is 27.8 Å². The molecule has 1 aromatic heterocycles. The smallest absolute Gasteiger partial charge is 0.250 e. The molecule has 0 fully saturated rings. The van der Waals surface area contributed by atoms with Crippen molar-refractivity contribution in [3.63, 3.8) is 0 Å². The third-order valence-corrected chi connectivity index (χ3v) is 7.94.